The fraction of sp³-hybridized carbons (Fsp3) is 0.0625. The topological polar surface area (TPSA) is 84.2 Å². The van der Waals surface area contributed by atoms with Crippen LogP contribution in [-0.2, 0) is 0 Å². The van der Waals surface area contributed by atoms with Crippen molar-refractivity contribution in [1.82, 2.24) is 4.98 Å². The van der Waals surface area contributed by atoms with E-state index in [2.05, 4.69) is 15.6 Å². The number of oxazole rings is 1. The lowest BCUT2D eigenvalue weighted by Gasteiger charge is -2.03. The highest BCUT2D eigenvalue weighted by molar-refractivity contribution is 7.98. The summed E-state index contributed by atoms with van der Waals surface area (Å²) >= 11 is 2.93. The highest BCUT2D eigenvalue weighted by Crippen LogP contribution is 2.18. The van der Waals surface area contributed by atoms with Crippen LogP contribution in [-0.4, -0.2) is 23.1 Å². The largest absolute Gasteiger partial charge is 0.431 e. The van der Waals surface area contributed by atoms with Crippen molar-refractivity contribution in [1.29, 1.82) is 0 Å². The number of nitrogens with one attached hydrogen (secondary N) is 2. The van der Waals surface area contributed by atoms with Gasteiger partial charge < -0.3 is 9.73 Å². The van der Waals surface area contributed by atoms with Crippen LogP contribution in [0.1, 0.15) is 20.2 Å². The average molecular weight is 359 g/mol. The smallest absolute Gasteiger partial charge is 0.302 e. The lowest BCUT2D eigenvalue weighted by molar-refractivity contribution is 0.101. The molecule has 122 valence electrons. The third kappa shape index (κ3) is 3.84. The van der Waals surface area contributed by atoms with E-state index in [-0.39, 0.29) is 17.6 Å². The number of carbonyl (C=O) groups is 2. The zero-order valence-electron chi connectivity index (χ0n) is 12.6. The summed E-state index contributed by atoms with van der Waals surface area (Å²) in [6.45, 7) is 0. The molecule has 1 aromatic carbocycles. The molecule has 2 amide bonds. The predicted molar refractivity (Wildman–Crippen MR) is 95.0 cm³/mol. The summed E-state index contributed by atoms with van der Waals surface area (Å²) in [7, 11) is 0. The minimum Gasteiger partial charge on any atom is -0.431 e. The number of hydrogen-bond acceptors (Lipinski definition) is 6. The molecule has 0 spiro atoms. The standard InChI is InChI=1S/C16H13N3O3S2/c1-23-11-6-4-10(5-7-11)17-14(20)12-9-22-16(18-12)19-15(21)13-3-2-8-24-13/h2-9H,1H3,(H,17,20)(H,18,19,21). The average Bonchev–Trinajstić information content (AvgIpc) is 3.27. The van der Waals surface area contributed by atoms with Crippen LogP contribution < -0.4 is 10.6 Å². The van der Waals surface area contributed by atoms with Crippen LogP contribution in [0.25, 0.3) is 0 Å². The van der Waals surface area contributed by atoms with E-state index in [9.17, 15) is 9.59 Å². The Labute approximate surface area is 146 Å². The van der Waals surface area contributed by atoms with Crippen molar-refractivity contribution in [2.24, 2.45) is 0 Å². The Kier molecular flexibility index (Phi) is 4.97. The molecule has 2 aromatic heterocycles. The number of thioether (sulfide) groups is 1. The molecule has 2 N–H and O–H groups in total. The van der Waals surface area contributed by atoms with E-state index in [1.165, 1.54) is 17.6 Å². The van der Waals surface area contributed by atoms with Crippen LogP contribution in [0, 0.1) is 0 Å². The normalized spacial score (nSPS) is 10.4. The van der Waals surface area contributed by atoms with Crippen LogP contribution in [0.15, 0.2) is 57.4 Å². The lowest BCUT2D eigenvalue weighted by atomic mass is 10.3. The first kappa shape index (κ1) is 16.3. The number of carbonyl (C=O) groups excluding carboxylic acids is 2. The summed E-state index contributed by atoms with van der Waals surface area (Å²) in [5, 5.41) is 7.03. The van der Waals surface area contributed by atoms with Gasteiger partial charge >= 0.3 is 6.01 Å². The summed E-state index contributed by atoms with van der Waals surface area (Å²) in [4.78, 5) is 29.7. The maximum atomic E-state index is 12.1. The van der Waals surface area contributed by atoms with E-state index >= 15 is 0 Å². The molecule has 0 aliphatic rings. The molecule has 8 heteroatoms. The van der Waals surface area contributed by atoms with Crippen molar-refractivity contribution in [3.63, 3.8) is 0 Å². The SMILES string of the molecule is CSc1ccc(NC(=O)c2coc(NC(=O)c3cccs3)n2)cc1. The van der Waals surface area contributed by atoms with E-state index in [0.29, 0.717) is 10.6 Å². The fourth-order valence-electron chi connectivity index (χ4n) is 1.87. The van der Waals surface area contributed by atoms with Gasteiger partial charge in [0.05, 0.1) is 4.88 Å². The Bertz CT molecular complexity index is 842. The molecular weight excluding hydrogens is 346 g/mol. The second-order valence-electron chi connectivity index (χ2n) is 4.65. The molecular formula is C16H13N3O3S2. The lowest BCUT2D eigenvalue weighted by Crippen LogP contribution is -2.13. The molecule has 0 saturated heterocycles. The van der Waals surface area contributed by atoms with Gasteiger partial charge in [-0.25, -0.2) is 0 Å². The third-order valence-electron chi connectivity index (χ3n) is 3.05. The predicted octanol–water partition coefficient (Wildman–Crippen LogP) is 3.96. The van der Waals surface area contributed by atoms with Crippen LogP contribution in [0.3, 0.4) is 0 Å². The van der Waals surface area contributed by atoms with Crippen molar-refractivity contribution in [3.05, 3.63) is 58.6 Å². The molecule has 0 bridgehead atoms. The monoisotopic (exact) mass is 359 g/mol. The van der Waals surface area contributed by atoms with E-state index in [0.717, 1.165) is 4.90 Å². The van der Waals surface area contributed by atoms with Crippen molar-refractivity contribution < 1.29 is 14.0 Å². The van der Waals surface area contributed by atoms with Gasteiger partial charge in [-0.1, -0.05) is 6.07 Å². The zero-order valence-corrected chi connectivity index (χ0v) is 14.2. The number of aromatic nitrogens is 1. The first-order valence-electron chi connectivity index (χ1n) is 6.91. The van der Waals surface area contributed by atoms with Crippen molar-refractivity contribution in [2.75, 3.05) is 16.9 Å². The molecule has 0 aliphatic carbocycles. The first-order chi connectivity index (χ1) is 11.7. The fourth-order valence-corrected chi connectivity index (χ4v) is 2.90. The number of benzene rings is 1. The van der Waals surface area contributed by atoms with Crippen molar-refractivity contribution >= 4 is 46.6 Å². The highest BCUT2D eigenvalue weighted by atomic mass is 32.2. The minimum atomic E-state index is -0.410. The van der Waals surface area contributed by atoms with Gasteiger partial charge in [-0.15, -0.1) is 23.1 Å². The van der Waals surface area contributed by atoms with E-state index < -0.39 is 5.91 Å². The molecule has 24 heavy (non-hydrogen) atoms. The van der Waals surface area contributed by atoms with Gasteiger partial charge in [-0.2, -0.15) is 4.98 Å². The molecule has 0 fully saturated rings. The van der Waals surface area contributed by atoms with Crippen molar-refractivity contribution in [2.45, 2.75) is 4.90 Å². The van der Waals surface area contributed by atoms with Crippen LogP contribution in [0.5, 0.6) is 0 Å². The second kappa shape index (κ2) is 7.33. The number of nitrogens with zero attached hydrogens (tertiary/aromatic N) is 1. The van der Waals surface area contributed by atoms with E-state index in [1.54, 1.807) is 29.3 Å². The number of thiophene rings is 1. The molecule has 3 aromatic rings. The van der Waals surface area contributed by atoms with Crippen LogP contribution in [0.2, 0.25) is 0 Å². The van der Waals surface area contributed by atoms with Gasteiger partial charge in [-0.05, 0) is 42.0 Å². The Hall–Kier alpha value is -2.58. The molecule has 0 radical (unpaired) electrons. The molecule has 0 atom stereocenters. The Morgan fingerprint density at radius 2 is 1.92 bits per heavy atom. The van der Waals surface area contributed by atoms with E-state index in [1.807, 2.05) is 30.5 Å². The first-order valence-corrected chi connectivity index (χ1v) is 9.02. The van der Waals surface area contributed by atoms with Crippen LogP contribution >= 0.6 is 23.1 Å². The van der Waals surface area contributed by atoms with Crippen LogP contribution in [0.4, 0.5) is 11.7 Å². The molecule has 2 heterocycles. The maximum Gasteiger partial charge on any atom is 0.302 e. The summed E-state index contributed by atoms with van der Waals surface area (Å²) in [5.41, 5.74) is 0.746. The minimum absolute atomic E-state index is 0.0173. The molecule has 0 aliphatic heterocycles. The van der Waals surface area contributed by atoms with Gasteiger partial charge in [-0.3, -0.25) is 14.9 Å². The van der Waals surface area contributed by atoms with Gasteiger partial charge in [0, 0.05) is 10.6 Å². The maximum absolute atomic E-state index is 12.1. The Morgan fingerprint density at radius 3 is 2.58 bits per heavy atom. The van der Waals surface area contributed by atoms with Gasteiger partial charge in [0.1, 0.15) is 6.26 Å². The summed E-state index contributed by atoms with van der Waals surface area (Å²) in [6, 6.07) is 10.9. The van der Waals surface area contributed by atoms with Crippen molar-refractivity contribution in [3.8, 4) is 0 Å². The highest BCUT2D eigenvalue weighted by Gasteiger charge is 2.15. The number of amides is 2. The molecule has 0 unspecified atom stereocenters. The number of rotatable bonds is 5. The van der Waals surface area contributed by atoms with Gasteiger partial charge in [0.25, 0.3) is 11.8 Å². The zero-order chi connectivity index (χ0) is 16.9. The summed E-state index contributed by atoms with van der Waals surface area (Å²) in [6.07, 6.45) is 3.19. The number of anilines is 2. The molecule has 3 rings (SSSR count). The molecule has 6 nitrogen and oxygen atoms in total. The number of hydrogen-bond donors (Lipinski definition) is 2. The summed E-state index contributed by atoms with van der Waals surface area (Å²) in [5.74, 6) is -0.737. The van der Waals surface area contributed by atoms with Gasteiger partial charge in [0.2, 0.25) is 0 Å². The third-order valence-corrected chi connectivity index (χ3v) is 4.66. The quantitative estimate of drug-likeness (QED) is 0.674. The Morgan fingerprint density at radius 1 is 1.12 bits per heavy atom. The molecule has 0 saturated carbocycles. The summed E-state index contributed by atoms with van der Waals surface area (Å²) < 4.78 is 5.13. The van der Waals surface area contributed by atoms with E-state index in [4.69, 9.17) is 4.42 Å². The second-order valence-corrected chi connectivity index (χ2v) is 6.48. The van der Waals surface area contributed by atoms with Gasteiger partial charge in [0.15, 0.2) is 5.69 Å². The Balaban J connectivity index is 1.63.